The van der Waals surface area contributed by atoms with Crippen LogP contribution in [0.1, 0.15) is 6.92 Å². The lowest BCUT2D eigenvalue weighted by Crippen LogP contribution is -2.24. The summed E-state index contributed by atoms with van der Waals surface area (Å²) in [5.41, 5.74) is 0.476. The highest BCUT2D eigenvalue weighted by Crippen LogP contribution is 2.25. The van der Waals surface area contributed by atoms with Gasteiger partial charge in [-0.1, -0.05) is 35.3 Å². The summed E-state index contributed by atoms with van der Waals surface area (Å²) in [5, 5.41) is 3.20. The molecule has 1 atom stereocenters. The van der Waals surface area contributed by atoms with Gasteiger partial charge in [0.25, 0.3) is 5.91 Å². The van der Waals surface area contributed by atoms with Gasteiger partial charge in [-0.25, -0.2) is 0 Å². The highest BCUT2D eigenvalue weighted by molar-refractivity contribution is 8.00. The van der Waals surface area contributed by atoms with Crippen molar-refractivity contribution in [3.05, 3.63) is 58.6 Å². The van der Waals surface area contributed by atoms with Crippen molar-refractivity contribution in [2.24, 2.45) is 0 Å². The van der Waals surface area contributed by atoms with Crippen molar-refractivity contribution in [1.82, 2.24) is 0 Å². The first-order chi connectivity index (χ1) is 11.5. The molecule has 7 heteroatoms. The summed E-state index contributed by atoms with van der Waals surface area (Å²) in [4.78, 5) is 24.7. The third-order valence-electron chi connectivity index (χ3n) is 2.95. The van der Waals surface area contributed by atoms with Gasteiger partial charge in [0.05, 0.1) is 10.7 Å². The molecule has 24 heavy (non-hydrogen) atoms. The Morgan fingerprint density at radius 1 is 1.12 bits per heavy atom. The first-order valence-electron chi connectivity index (χ1n) is 7.09. The number of hydrogen-bond acceptors (Lipinski definition) is 4. The van der Waals surface area contributed by atoms with Crippen LogP contribution in [0.15, 0.2) is 53.4 Å². The lowest BCUT2D eigenvalue weighted by atomic mass is 10.3. The molecule has 0 aromatic heterocycles. The summed E-state index contributed by atoms with van der Waals surface area (Å²) in [7, 11) is 0. The SMILES string of the molecule is C[C@H](Sc1ccc(Cl)cc1)C(=O)OCC(=O)Nc1ccccc1Cl. The Hall–Kier alpha value is -1.69. The zero-order valence-electron chi connectivity index (χ0n) is 12.8. The number of carbonyl (C=O) groups excluding carboxylic acids is 2. The van der Waals surface area contributed by atoms with Gasteiger partial charge in [0.2, 0.25) is 0 Å². The largest absolute Gasteiger partial charge is 0.455 e. The van der Waals surface area contributed by atoms with E-state index in [1.54, 1.807) is 43.3 Å². The summed E-state index contributed by atoms with van der Waals surface area (Å²) < 4.78 is 5.03. The maximum atomic E-state index is 12.0. The Balaban J connectivity index is 1.80. The number of ether oxygens (including phenoxy) is 1. The van der Waals surface area contributed by atoms with Gasteiger partial charge in [-0.3, -0.25) is 9.59 Å². The van der Waals surface area contributed by atoms with Crippen molar-refractivity contribution in [3.63, 3.8) is 0 Å². The molecule has 2 aromatic carbocycles. The monoisotopic (exact) mass is 383 g/mol. The molecule has 0 saturated carbocycles. The Kier molecular flexibility index (Phi) is 6.97. The lowest BCUT2D eigenvalue weighted by molar-refractivity contribution is -0.146. The highest BCUT2D eigenvalue weighted by Gasteiger charge is 2.17. The molecule has 2 aromatic rings. The van der Waals surface area contributed by atoms with Crippen LogP contribution in [-0.4, -0.2) is 23.7 Å². The van der Waals surface area contributed by atoms with E-state index in [4.69, 9.17) is 27.9 Å². The van der Waals surface area contributed by atoms with E-state index in [0.29, 0.717) is 15.7 Å². The topological polar surface area (TPSA) is 55.4 Å². The summed E-state index contributed by atoms with van der Waals surface area (Å²) in [5.74, 6) is -0.913. The molecule has 0 aliphatic heterocycles. The number of halogens is 2. The second-order valence-electron chi connectivity index (χ2n) is 4.85. The Morgan fingerprint density at radius 2 is 1.79 bits per heavy atom. The molecule has 0 aliphatic carbocycles. The normalized spacial score (nSPS) is 11.6. The number of nitrogens with one attached hydrogen (secondary N) is 1. The average molecular weight is 384 g/mol. The first-order valence-corrected chi connectivity index (χ1v) is 8.72. The second-order valence-corrected chi connectivity index (χ2v) is 7.11. The molecule has 0 unspecified atom stereocenters. The molecule has 0 radical (unpaired) electrons. The first kappa shape index (κ1) is 18.6. The third-order valence-corrected chi connectivity index (χ3v) is 4.62. The molecule has 0 heterocycles. The molecule has 126 valence electrons. The number of esters is 1. The molecular weight excluding hydrogens is 369 g/mol. The smallest absolute Gasteiger partial charge is 0.319 e. The zero-order chi connectivity index (χ0) is 17.5. The fourth-order valence-corrected chi connectivity index (χ4v) is 2.94. The van der Waals surface area contributed by atoms with E-state index < -0.39 is 17.1 Å². The summed E-state index contributed by atoms with van der Waals surface area (Å²) in [6, 6.07) is 14.0. The molecule has 0 aliphatic rings. The molecular formula is C17H15Cl2NO3S. The van der Waals surface area contributed by atoms with E-state index >= 15 is 0 Å². The van der Waals surface area contributed by atoms with Crippen molar-refractivity contribution < 1.29 is 14.3 Å². The van der Waals surface area contributed by atoms with E-state index in [1.165, 1.54) is 11.8 Å². The van der Waals surface area contributed by atoms with Crippen LogP contribution < -0.4 is 5.32 Å². The van der Waals surface area contributed by atoms with E-state index in [-0.39, 0.29) is 6.61 Å². The standard InChI is InChI=1S/C17H15Cl2NO3S/c1-11(24-13-8-6-12(18)7-9-13)17(22)23-10-16(21)20-15-5-3-2-4-14(15)19/h2-9,11H,10H2,1H3,(H,20,21)/t11-/m0/s1. The number of anilines is 1. The maximum Gasteiger partial charge on any atom is 0.319 e. The van der Waals surface area contributed by atoms with Crippen molar-refractivity contribution in [1.29, 1.82) is 0 Å². The third kappa shape index (κ3) is 5.74. The molecule has 1 N–H and O–H groups in total. The van der Waals surface area contributed by atoms with Gasteiger partial charge >= 0.3 is 5.97 Å². The minimum absolute atomic E-state index is 0.366. The van der Waals surface area contributed by atoms with Gasteiger partial charge in [0.15, 0.2) is 6.61 Å². The zero-order valence-corrected chi connectivity index (χ0v) is 15.1. The van der Waals surface area contributed by atoms with Crippen LogP contribution in [0, 0.1) is 0 Å². The average Bonchev–Trinajstić information content (AvgIpc) is 2.57. The van der Waals surface area contributed by atoms with E-state index in [9.17, 15) is 9.59 Å². The lowest BCUT2D eigenvalue weighted by Gasteiger charge is -2.12. The van der Waals surface area contributed by atoms with Crippen LogP contribution in [0.4, 0.5) is 5.69 Å². The fourth-order valence-electron chi connectivity index (χ4n) is 1.77. The molecule has 1 amide bonds. The number of para-hydroxylation sites is 1. The van der Waals surface area contributed by atoms with Gasteiger partial charge in [-0.2, -0.15) is 0 Å². The van der Waals surface area contributed by atoms with Crippen LogP contribution in [0.25, 0.3) is 0 Å². The van der Waals surface area contributed by atoms with Gasteiger partial charge < -0.3 is 10.1 Å². The molecule has 0 spiro atoms. The van der Waals surface area contributed by atoms with Crippen LogP contribution in [0.3, 0.4) is 0 Å². The number of thioether (sulfide) groups is 1. The van der Waals surface area contributed by atoms with Crippen molar-refractivity contribution in [2.75, 3.05) is 11.9 Å². The molecule has 0 bridgehead atoms. The van der Waals surface area contributed by atoms with Crippen LogP contribution >= 0.6 is 35.0 Å². The molecule has 4 nitrogen and oxygen atoms in total. The van der Waals surface area contributed by atoms with Gasteiger partial charge in [-0.15, -0.1) is 11.8 Å². The second kappa shape index (κ2) is 8.97. The summed E-state index contributed by atoms with van der Waals surface area (Å²) in [6.45, 7) is 1.35. The summed E-state index contributed by atoms with van der Waals surface area (Å²) in [6.07, 6.45) is 0. The molecule has 0 fully saturated rings. The van der Waals surface area contributed by atoms with Crippen LogP contribution in [0.2, 0.25) is 10.0 Å². The molecule has 2 rings (SSSR count). The number of benzene rings is 2. The maximum absolute atomic E-state index is 12.0. The van der Waals surface area contributed by atoms with Gasteiger partial charge in [0, 0.05) is 9.92 Å². The quantitative estimate of drug-likeness (QED) is 0.582. The van der Waals surface area contributed by atoms with E-state index in [1.807, 2.05) is 12.1 Å². The minimum atomic E-state index is -0.468. The van der Waals surface area contributed by atoms with E-state index in [2.05, 4.69) is 5.32 Å². The van der Waals surface area contributed by atoms with E-state index in [0.717, 1.165) is 4.90 Å². The predicted molar refractivity (Wildman–Crippen MR) is 97.8 cm³/mol. The number of hydrogen-bond donors (Lipinski definition) is 1. The summed E-state index contributed by atoms with van der Waals surface area (Å²) >= 11 is 13.1. The highest BCUT2D eigenvalue weighted by atomic mass is 35.5. The fraction of sp³-hybridized carbons (Fsp3) is 0.176. The predicted octanol–water partition coefficient (Wildman–Crippen LogP) is 4.66. The number of amides is 1. The van der Waals surface area contributed by atoms with Crippen LogP contribution in [-0.2, 0) is 14.3 Å². The van der Waals surface area contributed by atoms with Crippen molar-refractivity contribution >= 4 is 52.5 Å². The van der Waals surface area contributed by atoms with Crippen LogP contribution in [0.5, 0.6) is 0 Å². The van der Waals surface area contributed by atoms with Crippen molar-refractivity contribution in [2.45, 2.75) is 17.1 Å². The van der Waals surface area contributed by atoms with Gasteiger partial charge in [0.1, 0.15) is 5.25 Å². The Bertz CT molecular complexity index is 722. The minimum Gasteiger partial charge on any atom is -0.455 e. The molecule has 0 saturated heterocycles. The number of carbonyl (C=O) groups is 2. The van der Waals surface area contributed by atoms with Crippen molar-refractivity contribution in [3.8, 4) is 0 Å². The number of rotatable bonds is 6. The Labute approximate surface area is 154 Å². The Morgan fingerprint density at radius 3 is 2.46 bits per heavy atom. The van der Waals surface area contributed by atoms with Gasteiger partial charge in [-0.05, 0) is 43.3 Å².